The van der Waals surface area contributed by atoms with Crippen LogP contribution in [0.5, 0.6) is 11.5 Å². The van der Waals surface area contributed by atoms with E-state index in [1.54, 1.807) is 61.7 Å². The molecule has 0 radical (unpaired) electrons. The van der Waals surface area contributed by atoms with Crippen molar-refractivity contribution >= 4 is 23.2 Å². The van der Waals surface area contributed by atoms with E-state index in [-0.39, 0.29) is 19.1 Å². The number of aliphatic hydroxyl groups excluding tert-OH is 1. The van der Waals surface area contributed by atoms with E-state index in [1.807, 2.05) is 0 Å². The van der Waals surface area contributed by atoms with Crippen LogP contribution in [0.15, 0.2) is 59.0 Å². The summed E-state index contributed by atoms with van der Waals surface area (Å²) in [6, 6.07) is 15.4. The Labute approximate surface area is 161 Å². The highest BCUT2D eigenvalue weighted by Crippen LogP contribution is 2.31. The van der Waals surface area contributed by atoms with E-state index in [1.165, 1.54) is 0 Å². The summed E-state index contributed by atoms with van der Waals surface area (Å²) in [4.78, 5) is 12.1. The molecule has 6 nitrogen and oxygen atoms in total. The van der Waals surface area contributed by atoms with Crippen molar-refractivity contribution in [2.45, 2.75) is 6.61 Å². The molecule has 3 aromatic rings. The van der Waals surface area contributed by atoms with Gasteiger partial charge in [0, 0.05) is 11.3 Å². The van der Waals surface area contributed by atoms with Crippen LogP contribution < -0.4 is 14.8 Å². The lowest BCUT2D eigenvalue weighted by Gasteiger charge is -2.09. The van der Waals surface area contributed by atoms with Gasteiger partial charge in [0.25, 0.3) is 5.91 Å². The Bertz CT molecular complexity index is 920. The van der Waals surface area contributed by atoms with Gasteiger partial charge < -0.3 is 24.3 Å². The van der Waals surface area contributed by atoms with E-state index >= 15 is 0 Å². The molecule has 0 spiro atoms. The van der Waals surface area contributed by atoms with Gasteiger partial charge in [-0.15, -0.1) is 0 Å². The van der Waals surface area contributed by atoms with E-state index in [0.717, 1.165) is 0 Å². The van der Waals surface area contributed by atoms with Crippen molar-refractivity contribution in [2.24, 2.45) is 0 Å². The minimum Gasteiger partial charge on any atom is -0.497 e. The van der Waals surface area contributed by atoms with E-state index < -0.39 is 0 Å². The lowest BCUT2D eigenvalue weighted by Crippen LogP contribution is -2.20. The third-order valence-corrected chi connectivity index (χ3v) is 4.08. The van der Waals surface area contributed by atoms with Crippen LogP contribution in [0.2, 0.25) is 5.02 Å². The normalized spacial score (nSPS) is 10.5. The van der Waals surface area contributed by atoms with E-state index in [4.69, 9.17) is 30.6 Å². The fourth-order valence-electron chi connectivity index (χ4n) is 2.42. The number of ether oxygens (including phenoxy) is 2. The van der Waals surface area contributed by atoms with Crippen molar-refractivity contribution in [1.29, 1.82) is 0 Å². The number of benzene rings is 2. The Balaban J connectivity index is 1.59. The zero-order valence-corrected chi connectivity index (χ0v) is 15.3. The topological polar surface area (TPSA) is 80.9 Å². The number of hydrogen-bond donors (Lipinski definition) is 2. The van der Waals surface area contributed by atoms with E-state index in [0.29, 0.717) is 39.3 Å². The average Bonchev–Trinajstić information content (AvgIpc) is 3.16. The summed E-state index contributed by atoms with van der Waals surface area (Å²) in [6.07, 6.45) is 0. The molecule has 27 heavy (non-hydrogen) atoms. The summed E-state index contributed by atoms with van der Waals surface area (Å²) < 4.78 is 16.0. The summed E-state index contributed by atoms with van der Waals surface area (Å²) >= 11 is 6.28. The molecule has 3 rings (SSSR count). The molecule has 1 amide bonds. The van der Waals surface area contributed by atoms with Crippen molar-refractivity contribution in [3.05, 3.63) is 65.4 Å². The Hall–Kier alpha value is -2.96. The molecule has 2 aromatic carbocycles. The van der Waals surface area contributed by atoms with Gasteiger partial charge in [0.1, 0.15) is 29.6 Å². The van der Waals surface area contributed by atoms with Crippen molar-refractivity contribution in [1.82, 2.24) is 0 Å². The SMILES string of the molecule is COc1ccc(OCC(=O)Nc2ccc(-c3ccc(CO)o3)c(Cl)c2)cc1. The van der Waals surface area contributed by atoms with Gasteiger partial charge in [-0.25, -0.2) is 0 Å². The largest absolute Gasteiger partial charge is 0.497 e. The highest BCUT2D eigenvalue weighted by molar-refractivity contribution is 6.33. The van der Waals surface area contributed by atoms with Crippen LogP contribution in [-0.4, -0.2) is 24.7 Å². The maximum atomic E-state index is 12.1. The zero-order valence-electron chi connectivity index (χ0n) is 14.6. The third kappa shape index (κ3) is 4.81. The minimum atomic E-state index is -0.310. The highest BCUT2D eigenvalue weighted by atomic mass is 35.5. The van der Waals surface area contributed by atoms with Crippen molar-refractivity contribution in [2.75, 3.05) is 19.0 Å². The lowest BCUT2D eigenvalue weighted by atomic mass is 10.1. The predicted octanol–water partition coefficient (Wildman–Crippen LogP) is 4.12. The Morgan fingerprint density at radius 2 is 1.85 bits per heavy atom. The number of amides is 1. The molecule has 0 unspecified atom stereocenters. The van der Waals surface area contributed by atoms with Gasteiger partial charge in [-0.3, -0.25) is 4.79 Å². The summed E-state index contributed by atoms with van der Waals surface area (Å²) in [6.45, 7) is -0.316. The molecule has 1 heterocycles. The quantitative estimate of drug-likeness (QED) is 0.637. The molecule has 0 fully saturated rings. The third-order valence-electron chi connectivity index (χ3n) is 3.77. The van der Waals surface area contributed by atoms with Crippen LogP contribution in [0, 0.1) is 0 Å². The Morgan fingerprint density at radius 1 is 1.11 bits per heavy atom. The van der Waals surface area contributed by atoms with Crippen LogP contribution in [-0.2, 0) is 11.4 Å². The van der Waals surface area contributed by atoms with Crippen LogP contribution >= 0.6 is 11.6 Å². The zero-order chi connectivity index (χ0) is 19.2. The van der Waals surface area contributed by atoms with E-state index in [2.05, 4.69) is 5.32 Å². The van der Waals surface area contributed by atoms with Gasteiger partial charge in [-0.05, 0) is 54.6 Å². The number of furan rings is 1. The van der Waals surface area contributed by atoms with Gasteiger partial charge >= 0.3 is 0 Å². The predicted molar refractivity (Wildman–Crippen MR) is 102 cm³/mol. The molecule has 0 aliphatic heterocycles. The van der Waals surface area contributed by atoms with Crippen LogP contribution in [0.4, 0.5) is 5.69 Å². The summed E-state index contributed by atoms with van der Waals surface area (Å²) in [5.41, 5.74) is 1.21. The highest BCUT2D eigenvalue weighted by Gasteiger charge is 2.11. The fourth-order valence-corrected chi connectivity index (χ4v) is 2.69. The standard InChI is InChI=1S/C20H18ClNO5/c1-25-14-3-5-15(6-4-14)26-12-20(24)22-13-2-8-17(18(21)10-13)19-9-7-16(11-23)27-19/h2-10,23H,11-12H2,1H3,(H,22,24). The summed E-state index contributed by atoms with van der Waals surface area (Å²) in [7, 11) is 1.58. The fraction of sp³-hybridized carbons (Fsp3) is 0.150. The first-order chi connectivity index (χ1) is 13.1. The van der Waals surface area contributed by atoms with E-state index in [9.17, 15) is 4.79 Å². The van der Waals surface area contributed by atoms with Gasteiger partial charge in [0.15, 0.2) is 6.61 Å². The molecule has 140 valence electrons. The Morgan fingerprint density at radius 3 is 2.48 bits per heavy atom. The number of aliphatic hydroxyl groups is 1. The second-order valence-corrected chi connectivity index (χ2v) is 6.04. The van der Waals surface area contributed by atoms with Crippen molar-refractivity contribution in [3.8, 4) is 22.8 Å². The number of rotatable bonds is 7. The molecular formula is C20H18ClNO5. The molecule has 2 N–H and O–H groups in total. The number of halogens is 1. The summed E-state index contributed by atoms with van der Waals surface area (Å²) in [5.74, 6) is 1.97. The van der Waals surface area contributed by atoms with Crippen LogP contribution in [0.1, 0.15) is 5.76 Å². The second-order valence-electron chi connectivity index (χ2n) is 5.63. The number of hydrogen-bond acceptors (Lipinski definition) is 5. The molecule has 0 bridgehead atoms. The van der Waals surface area contributed by atoms with Gasteiger partial charge in [0.05, 0.1) is 12.1 Å². The monoisotopic (exact) mass is 387 g/mol. The summed E-state index contributed by atoms with van der Waals surface area (Å²) in [5, 5.41) is 12.2. The first-order valence-electron chi connectivity index (χ1n) is 8.15. The lowest BCUT2D eigenvalue weighted by molar-refractivity contribution is -0.118. The molecule has 0 atom stereocenters. The van der Waals surface area contributed by atoms with Gasteiger partial charge in [-0.1, -0.05) is 11.6 Å². The molecule has 1 aromatic heterocycles. The molecule has 0 aliphatic carbocycles. The number of methoxy groups -OCH3 is 1. The van der Waals surface area contributed by atoms with Crippen molar-refractivity contribution in [3.63, 3.8) is 0 Å². The molecule has 7 heteroatoms. The van der Waals surface area contributed by atoms with Crippen LogP contribution in [0.25, 0.3) is 11.3 Å². The first-order valence-corrected chi connectivity index (χ1v) is 8.53. The number of carbonyl (C=O) groups excluding carboxylic acids is 1. The first kappa shape index (κ1) is 18.8. The smallest absolute Gasteiger partial charge is 0.262 e. The van der Waals surface area contributed by atoms with Crippen molar-refractivity contribution < 1.29 is 23.8 Å². The minimum absolute atomic E-state index is 0.135. The van der Waals surface area contributed by atoms with Gasteiger partial charge in [0.2, 0.25) is 0 Å². The molecular weight excluding hydrogens is 370 g/mol. The molecule has 0 saturated heterocycles. The maximum absolute atomic E-state index is 12.1. The number of carbonyl (C=O) groups is 1. The number of anilines is 1. The van der Waals surface area contributed by atoms with Crippen LogP contribution in [0.3, 0.4) is 0 Å². The average molecular weight is 388 g/mol. The maximum Gasteiger partial charge on any atom is 0.262 e. The van der Waals surface area contributed by atoms with Gasteiger partial charge in [-0.2, -0.15) is 0 Å². The second kappa shape index (κ2) is 8.62. The Kier molecular flexibility index (Phi) is 6.01. The molecule has 0 aliphatic rings. The molecule has 0 saturated carbocycles. The number of nitrogens with one attached hydrogen (secondary N) is 1.